The second-order valence-corrected chi connectivity index (χ2v) is 11.1. The molecule has 1 aliphatic rings. The predicted molar refractivity (Wildman–Crippen MR) is 169 cm³/mol. The first-order valence-corrected chi connectivity index (χ1v) is 15.0. The van der Waals surface area contributed by atoms with Gasteiger partial charge in [0.25, 0.3) is 5.91 Å². The van der Waals surface area contributed by atoms with Gasteiger partial charge in [0.1, 0.15) is 11.6 Å². The van der Waals surface area contributed by atoms with Crippen molar-refractivity contribution in [3.8, 4) is 0 Å². The molecule has 2 heterocycles. The summed E-state index contributed by atoms with van der Waals surface area (Å²) in [7, 11) is 0. The van der Waals surface area contributed by atoms with E-state index < -0.39 is 17.6 Å². The van der Waals surface area contributed by atoms with Gasteiger partial charge in [-0.1, -0.05) is 43.5 Å². The molecule has 4 rings (SSSR count). The van der Waals surface area contributed by atoms with E-state index in [1.807, 2.05) is 12.2 Å². The molecule has 3 aromatic rings. The second kappa shape index (κ2) is 15.3. The lowest BCUT2D eigenvalue weighted by Crippen LogP contribution is -2.35. The van der Waals surface area contributed by atoms with Crippen molar-refractivity contribution in [3.05, 3.63) is 88.8 Å². The quantitative estimate of drug-likeness (QED) is 0.0889. The first kappa shape index (κ1) is 33.2. The third kappa shape index (κ3) is 9.37. The molecule has 1 saturated carbocycles. The molecular formula is C33H38F3N7O2. The monoisotopic (exact) mass is 621 g/mol. The van der Waals surface area contributed by atoms with Gasteiger partial charge in [-0.05, 0) is 68.4 Å². The minimum absolute atomic E-state index is 0.0151. The van der Waals surface area contributed by atoms with Crippen molar-refractivity contribution < 1.29 is 22.8 Å². The number of hydrogen-bond acceptors (Lipinski definition) is 7. The number of nitrogens with two attached hydrogens (primary N) is 2. The van der Waals surface area contributed by atoms with Crippen LogP contribution in [0, 0.1) is 5.41 Å². The number of amides is 2. The summed E-state index contributed by atoms with van der Waals surface area (Å²) in [6, 6.07) is 7.84. The van der Waals surface area contributed by atoms with Gasteiger partial charge in [0, 0.05) is 41.7 Å². The molecule has 12 heteroatoms. The summed E-state index contributed by atoms with van der Waals surface area (Å²) < 4.78 is 38.9. The average molecular weight is 622 g/mol. The summed E-state index contributed by atoms with van der Waals surface area (Å²) in [5, 5.41) is 14.2. The molecule has 1 aliphatic carbocycles. The van der Waals surface area contributed by atoms with Crippen LogP contribution in [0.3, 0.4) is 0 Å². The molecule has 1 aromatic carbocycles. The van der Waals surface area contributed by atoms with Crippen LogP contribution in [0.4, 0.5) is 30.5 Å². The van der Waals surface area contributed by atoms with E-state index in [9.17, 15) is 22.8 Å². The molecule has 9 nitrogen and oxygen atoms in total. The number of unbranched alkanes of at least 4 members (excludes halogenated alkanes) is 2. The highest BCUT2D eigenvalue weighted by Crippen LogP contribution is 2.30. The number of carbonyl (C=O) groups is 2. The zero-order valence-electron chi connectivity index (χ0n) is 24.9. The smallest absolute Gasteiger partial charge is 0.398 e. The summed E-state index contributed by atoms with van der Waals surface area (Å²) in [6.45, 7) is 0. The van der Waals surface area contributed by atoms with Gasteiger partial charge in [-0.25, -0.2) is 9.97 Å². The number of allylic oxidation sites excluding steroid dienone is 2. The molecule has 0 aliphatic heterocycles. The second-order valence-electron chi connectivity index (χ2n) is 11.1. The SMILES string of the molecule is N=C(c1ccc(C(=O)Nc2cc(C(F)(F)F)ccn2)cc1)c1c(N)ncc(C/C=C\CCCCC(=O)NC2CCCCC2)c1N. The average Bonchev–Trinajstić information content (AvgIpc) is 3.01. The standard InChI is InChI=1S/C33H38F3N7O2/c34-33(35,36)24-17-18-40-26(19-24)43-32(45)22-15-13-21(14-16-22)29(37)28-30(38)23(20-41-31(28)39)9-5-2-1-3-8-12-27(44)42-25-10-6-4-7-11-25/h2,5,13-20,25,37H,1,3-4,6-12H2,(H,42,44)(H4,38,39,41)(H,40,43,45)/b5-2-,37-29?. The largest absolute Gasteiger partial charge is 0.416 e. The minimum atomic E-state index is -4.56. The highest BCUT2D eigenvalue weighted by Gasteiger charge is 2.31. The number of anilines is 3. The number of benzene rings is 1. The van der Waals surface area contributed by atoms with E-state index >= 15 is 0 Å². The van der Waals surface area contributed by atoms with Gasteiger partial charge in [0.15, 0.2) is 0 Å². The molecule has 238 valence electrons. The lowest BCUT2D eigenvalue weighted by atomic mass is 9.95. The van der Waals surface area contributed by atoms with Crippen molar-refractivity contribution in [2.75, 3.05) is 16.8 Å². The highest BCUT2D eigenvalue weighted by atomic mass is 19.4. The van der Waals surface area contributed by atoms with E-state index in [-0.39, 0.29) is 34.4 Å². The molecule has 0 spiro atoms. The van der Waals surface area contributed by atoms with Crippen molar-refractivity contribution in [1.82, 2.24) is 15.3 Å². The summed E-state index contributed by atoms with van der Waals surface area (Å²) in [4.78, 5) is 32.8. The van der Waals surface area contributed by atoms with E-state index in [4.69, 9.17) is 16.9 Å². The van der Waals surface area contributed by atoms with Crippen LogP contribution in [-0.4, -0.2) is 33.5 Å². The van der Waals surface area contributed by atoms with Crippen LogP contribution in [0.5, 0.6) is 0 Å². The van der Waals surface area contributed by atoms with Crippen LogP contribution in [0.15, 0.2) is 60.9 Å². The van der Waals surface area contributed by atoms with E-state index in [1.165, 1.54) is 43.5 Å². The van der Waals surface area contributed by atoms with Gasteiger partial charge in [-0.15, -0.1) is 0 Å². The zero-order valence-corrected chi connectivity index (χ0v) is 24.9. The number of nitrogens with one attached hydrogen (secondary N) is 3. The number of carbonyl (C=O) groups excluding carboxylic acids is 2. The van der Waals surface area contributed by atoms with Gasteiger partial charge in [-0.2, -0.15) is 13.2 Å². The van der Waals surface area contributed by atoms with Gasteiger partial charge in [0.05, 0.1) is 16.8 Å². The van der Waals surface area contributed by atoms with Gasteiger partial charge in [-0.3, -0.25) is 15.0 Å². The lowest BCUT2D eigenvalue weighted by Gasteiger charge is -2.22. The Morgan fingerprint density at radius 3 is 2.40 bits per heavy atom. The number of aromatic nitrogens is 2. The van der Waals surface area contributed by atoms with Crippen LogP contribution < -0.4 is 22.1 Å². The molecular weight excluding hydrogens is 583 g/mol. The molecule has 0 radical (unpaired) electrons. The number of rotatable bonds is 12. The van der Waals surface area contributed by atoms with Crippen LogP contribution in [0.1, 0.15) is 90.4 Å². The zero-order chi connectivity index (χ0) is 32.4. The van der Waals surface area contributed by atoms with Crippen LogP contribution in [0.2, 0.25) is 0 Å². The van der Waals surface area contributed by atoms with Gasteiger partial charge < -0.3 is 22.1 Å². The topological polar surface area (TPSA) is 160 Å². The van der Waals surface area contributed by atoms with E-state index in [0.29, 0.717) is 35.7 Å². The fourth-order valence-corrected chi connectivity index (χ4v) is 5.22. The van der Waals surface area contributed by atoms with Crippen LogP contribution in [-0.2, 0) is 17.4 Å². The maximum Gasteiger partial charge on any atom is 0.416 e. The fraction of sp³-hybridized carbons (Fsp3) is 0.364. The Bertz CT molecular complexity index is 1530. The number of hydrogen-bond donors (Lipinski definition) is 5. The van der Waals surface area contributed by atoms with Crippen molar-refractivity contribution in [3.63, 3.8) is 0 Å². The molecule has 0 unspecified atom stereocenters. The third-order valence-electron chi connectivity index (χ3n) is 7.74. The Balaban J connectivity index is 1.30. The molecule has 2 amide bonds. The van der Waals surface area contributed by atoms with Crippen molar-refractivity contribution in [1.29, 1.82) is 5.41 Å². The Kier molecular flexibility index (Phi) is 11.3. The van der Waals surface area contributed by atoms with Crippen molar-refractivity contribution in [2.45, 2.75) is 76.4 Å². The Hall–Kier alpha value is -4.74. The third-order valence-corrected chi connectivity index (χ3v) is 7.74. The molecule has 0 atom stereocenters. The first-order chi connectivity index (χ1) is 21.5. The molecule has 1 fully saturated rings. The minimum Gasteiger partial charge on any atom is -0.398 e. The van der Waals surface area contributed by atoms with E-state index in [0.717, 1.165) is 50.4 Å². The molecule has 0 saturated heterocycles. The first-order valence-electron chi connectivity index (χ1n) is 15.0. The normalized spacial score (nSPS) is 13.9. The Morgan fingerprint density at radius 1 is 0.978 bits per heavy atom. The fourth-order valence-electron chi connectivity index (χ4n) is 5.22. The molecule has 7 N–H and O–H groups in total. The summed E-state index contributed by atoms with van der Waals surface area (Å²) in [5.74, 6) is -0.667. The van der Waals surface area contributed by atoms with Gasteiger partial charge in [0.2, 0.25) is 5.91 Å². The van der Waals surface area contributed by atoms with Crippen molar-refractivity contribution in [2.24, 2.45) is 0 Å². The highest BCUT2D eigenvalue weighted by molar-refractivity contribution is 6.17. The van der Waals surface area contributed by atoms with E-state index in [2.05, 4.69) is 20.6 Å². The maximum absolute atomic E-state index is 13.0. The number of halogens is 3. The summed E-state index contributed by atoms with van der Waals surface area (Å²) in [5.41, 5.74) is 13.5. The number of nitrogens with zero attached hydrogens (tertiary/aromatic N) is 2. The molecule has 0 bridgehead atoms. The maximum atomic E-state index is 13.0. The summed E-state index contributed by atoms with van der Waals surface area (Å²) >= 11 is 0. The molecule has 2 aromatic heterocycles. The summed E-state index contributed by atoms with van der Waals surface area (Å²) in [6.07, 6.45) is 11.4. The number of pyridine rings is 2. The lowest BCUT2D eigenvalue weighted by molar-refractivity contribution is -0.137. The van der Waals surface area contributed by atoms with Gasteiger partial charge >= 0.3 is 6.18 Å². The Labute approximate surface area is 260 Å². The predicted octanol–water partition coefficient (Wildman–Crippen LogP) is 6.44. The van der Waals surface area contributed by atoms with Crippen molar-refractivity contribution >= 4 is 34.8 Å². The van der Waals surface area contributed by atoms with Crippen LogP contribution in [0.25, 0.3) is 0 Å². The number of alkyl halides is 3. The van der Waals surface area contributed by atoms with E-state index in [1.54, 1.807) is 6.20 Å². The van der Waals surface area contributed by atoms with Crippen LogP contribution >= 0.6 is 0 Å². The Morgan fingerprint density at radius 2 is 1.69 bits per heavy atom. The molecule has 45 heavy (non-hydrogen) atoms. The number of nitrogen functional groups attached to an aromatic ring is 2.